The Morgan fingerprint density at radius 3 is 2.07 bits per heavy atom. The average molecular weight is 387 g/mol. The van der Waals surface area contributed by atoms with E-state index in [9.17, 15) is 4.79 Å². The van der Waals surface area contributed by atoms with Gasteiger partial charge >= 0.3 is 5.97 Å². The monoisotopic (exact) mass is 387 g/mol. The van der Waals surface area contributed by atoms with Crippen molar-refractivity contribution in [2.75, 3.05) is 0 Å². The first-order chi connectivity index (χ1) is 13.0. The van der Waals surface area contributed by atoms with Crippen LogP contribution >= 0.6 is 0 Å². The number of para-hydroxylation sites is 1. The second-order valence-electron chi connectivity index (χ2n) is 6.05. The maximum atomic E-state index is 10.9. The van der Waals surface area contributed by atoms with Crippen LogP contribution in [-0.2, 0) is 0 Å². The molecule has 5 heteroatoms. The minimum absolute atomic E-state index is 0. The Kier molecular flexibility index (Phi) is 7.34. The molecule has 28 heavy (non-hydrogen) atoms. The number of carboxylic acid groups (broad SMARTS) is 1. The van der Waals surface area contributed by atoms with E-state index in [0.29, 0.717) is 11.3 Å². The van der Waals surface area contributed by atoms with Gasteiger partial charge in [-0.2, -0.15) is 0 Å². The van der Waals surface area contributed by atoms with Crippen molar-refractivity contribution in [2.24, 2.45) is 0 Å². The van der Waals surface area contributed by atoms with Crippen molar-refractivity contribution in [2.45, 2.75) is 6.92 Å². The van der Waals surface area contributed by atoms with Crippen molar-refractivity contribution >= 4 is 34.2 Å². The number of benzene rings is 3. The summed E-state index contributed by atoms with van der Waals surface area (Å²) < 4.78 is 0. The molecule has 2 N–H and O–H groups in total. The molecule has 0 atom stereocenters. The van der Waals surface area contributed by atoms with E-state index >= 15 is 0 Å². The molecule has 0 spiro atoms. The van der Waals surface area contributed by atoms with Gasteiger partial charge in [-0.3, -0.25) is 4.98 Å². The molecule has 140 valence electrons. The van der Waals surface area contributed by atoms with Crippen molar-refractivity contribution < 1.29 is 15.0 Å². The highest BCUT2D eigenvalue weighted by Crippen LogP contribution is 2.21. The van der Waals surface area contributed by atoms with E-state index in [0.717, 1.165) is 16.6 Å². The minimum atomic E-state index is -0.936. The summed E-state index contributed by atoms with van der Waals surface area (Å²) in [5.74, 6) is -0.631. The number of nitrogens with zero attached hydrogens (tertiary/aromatic N) is 1. The summed E-state index contributed by atoms with van der Waals surface area (Å²) >= 11 is 0. The van der Waals surface area contributed by atoms with Crippen LogP contribution in [0.3, 0.4) is 0 Å². The van der Waals surface area contributed by atoms with E-state index in [1.54, 1.807) is 24.3 Å². The molecule has 0 aliphatic carbocycles. The highest BCUT2D eigenvalue weighted by atomic mass is 27.0. The number of phenols is 1. The second-order valence-corrected chi connectivity index (χ2v) is 6.05. The first-order valence-corrected chi connectivity index (χ1v) is 8.49. The summed E-state index contributed by atoms with van der Waals surface area (Å²) in [6.45, 7) is 1.85. The smallest absolute Gasteiger partial charge is 0.337 e. The van der Waals surface area contributed by atoms with Gasteiger partial charge in [0.25, 0.3) is 0 Å². The van der Waals surface area contributed by atoms with E-state index in [2.05, 4.69) is 4.98 Å². The first-order valence-electron chi connectivity index (χ1n) is 8.49. The summed E-state index contributed by atoms with van der Waals surface area (Å²) in [4.78, 5) is 15.1. The van der Waals surface area contributed by atoms with Gasteiger partial charge < -0.3 is 10.2 Å². The molecule has 4 rings (SSSR count). The Balaban J connectivity index is 0.000000194. The van der Waals surface area contributed by atoms with Gasteiger partial charge in [0.2, 0.25) is 0 Å². The number of aryl methyl sites for hydroxylation is 1. The molecule has 0 aliphatic heterocycles. The molecule has 4 nitrogen and oxygen atoms in total. The second kappa shape index (κ2) is 9.71. The van der Waals surface area contributed by atoms with Gasteiger partial charge in [0, 0.05) is 11.1 Å². The number of aromatic nitrogens is 1. The van der Waals surface area contributed by atoms with Crippen LogP contribution in [0.1, 0.15) is 16.1 Å². The van der Waals surface area contributed by atoms with Crippen molar-refractivity contribution in [1.29, 1.82) is 0 Å². The van der Waals surface area contributed by atoms with Crippen molar-refractivity contribution in [3.8, 4) is 16.9 Å². The minimum Gasteiger partial charge on any atom is -0.508 e. The number of rotatable bonds is 2. The maximum Gasteiger partial charge on any atom is 0.337 e. The lowest BCUT2D eigenvalue weighted by molar-refractivity contribution is 0.0699. The predicted molar refractivity (Wildman–Crippen MR) is 117 cm³/mol. The number of fused-ring (bicyclic) bond motifs is 1. The van der Waals surface area contributed by atoms with Crippen LogP contribution in [-0.4, -0.2) is 38.5 Å². The Hall–Kier alpha value is -3.13. The van der Waals surface area contributed by atoms with E-state index in [4.69, 9.17) is 10.2 Å². The molecule has 0 amide bonds. The third-order valence-corrected chi connectivity index (χ3v) is 4.06. The van der Waals surface area contributed by atoms with E-state index in [1.807, 2.05) is 67.6 Å². The van der Waals surface area contributed by atoms with E-state index < -0.39 is 5.97 Å². The van der Waals surface area contributed by atoms with Crippen molar-refractivity contribution in [3.63, 3.8) is 0 Å². The van der Waals surface area contributed by atoms with Crippen LogP contribution in [0.4, 0.5) is 0 Å². The third kappa shape index (κ3) is 5.20. The van der Waals surface area contributed by atoms with E-state index in [-0.39, 0.29) is 22.9 Å². The third-order valence-electron chi connectivity index (χ3n) is 4.06. The van der Waals surface area contributed by atoms with Gasteiger partial charge in [0.05, 0.1) is 11.1 Å². The fraction of sp³-hybridized carbons (Fsp3) is 0.0435. The number of aromatic carboxylic acids is 1. The highest BCUT2D eigenvalue weighted by Gasteiger charge is 2.08. The maximum absolute atomic E-state index is 10.9. The molecule has 3 aromatic carbocycles. The SMILES string of the molecule is Cc1ccc2cccc(C(=O)O)c2n1.Oc1ccc(-c2ccccc2)cc1.[AlH3]. The zero-order valence-corrected chi connectivity index (χ0v) is 14.8. The number of phenolic OH excluding ortho intramolecular Hbond substituents is 1. The molecule has 1 heterocycles. The van der Waals surface area contributed by atoms with Gasteiger partial charge in [-0.05, 0) is 42.3 Å². The van der Waals surface area contributed by atoms with Crippen LogP contribution < -0.4 is 0 Å². The quantitative estimate of drug-likeness (QED) is 0.508. The van der Waals surface area contributed by atoms with Gasteiger partial charge in [-0.25, -0.2) is 4.79 Å². The molecular formula is C23H22AlNO3. The lowest BCUT2D eigenvalue weighted by Gasteiger charge is -2.01. The van der Waals surface area contributed by atoms with Gasteiger partial charge in [0.15, 0.2) is 17.4 Å². The van der Waals surface area contributed by atoms with Crippen molar-refractivity contribution in [1.82, 2.24) is 4.98 Å². The molecule has 0 aliphatic rings. The molecule has 4 aromatic rings. The highest BCUT2D eigenvalue weighted by molar-refractivity contribution is 6.01. The number of aromatic hydroxyl groups is 1. The summed E-state index contributed by atoms with van der Waals surface area (Å²) in [5, 5.41) is 18.9. The van der Waals surface area contributed by atoms with Crippen LogP contribution in [0.25, 0.3) is 22.0 Å². The molecule has 0 unspecified atom stereocenters. The molecular weight excluding hydrogens is 365 g/mol. The van der Waals surface area contributed by atoms with E-state index in [1.165, 1.54) is 5.56 Å². The number of hydrogen-bond donors (Lipinski definition) is 2. The van der Waals surface area contributed by atoms with Crippen LogP contribution in [0.2, 0.25) is 0 Å². The normalized spacial score (nSPS) is 9.75. The number of pyridine rings is 1. The van der Waals surface area contributed by atoms with Crippen molar-refractivity contribution in [3.05, 3.63) is 96.2 Å². The first kappa shape index (κ1) is 21.2. The number of carboxylic acids is 1. The van der Waals surface area contributed by atoms with Gasteiger partial charge in [-0.15, -0.1) is 0 Å². The van der Waals surface area contributed by atoms with Crippen LogP contribution in [0.5, 0.6) is 5.75 Å². The zero-order valence-electron chi connectivity index (χ0n) is 14.8. The molecule has 0 saturated carbocycles. The molecule has 0 saturated heterocycles. The number of hydrogen-bond acceptors (Lipinski definition) is 3. The Morgan fingerprint density at radius 2 is 1.43 bits per heavy atom. The van der Waals surface area contributed by atoms with Crippen LogP contribution in [0.15, 0.2) is 84.9 Å². The summed E-state index contributed by atoms with van der Waals surface area (Å²) in [7, 11) is 0. The molecule has 0 radical (unpaired) electrons. The molecule has 0 fully saturated rings. The summed E-state index contributed by atoms with van der Waals surface area (Å²) in [6, 6.07) is 26.2. The topological polar surface area (TPSA) is 70.4 Å². The number of carbonyl (C=O) groups is 1. The Morgan fingerprint density at radius 1 is 0.786 bits per heavy atom. The molecule has 1 aromatic heterocycles. The fourth-order valence-corrected chi connectivity index (χ4v) is 2.70. The predicted octanol–water partition coefficient (Wildman–Crippen LogP) is 4.12. The zero-order chi connectivity index (χ0) is 19.2. The standard InChI is InChI=1S/C12H10O.C11H9NO2.Al.3H/c13-12-8-6-11(7-9-12)10-4-2-1-3-5-10;1-7-5-6-8-3-2-4-9(11(13)14)10(8)12-7;;;;/h1-9,13H;2-6H,1H3,(H,13,14);;;;. The molecule has 0 bridgehead atoms. The Labute approximate surface area is 174 Å². The lowest BCUT2D eigenvalue weighted by atomic mass is 10.1. The summed E-state index contributed by atoms with van der Waals surface area (Å²) in [6.07, 6.45) is 0. The Bertz CT molecular complexity index is 1060. The fourth-order valence-electron chi connectivity index (χ4n) is 2.70. The largest absolute Gasteiger partial charge is 0.508 e. The van der Waals surface area contributed by atoms with Gasteiger partial charge in [0.1, 0.15) is 5.75 Å². The summed E-state index contributed by atoms with van der Waals surface area (Å²) in [5.41, 5.74) is 3.93. The lowest BCUT2D eigenvalue weighted by Crippen LogP contribution is -1.99. The van der Waals surface area contributed by atoms with Crippen LogP contribution in [0, 0.1) is 6.92 Å². The average Bonchev–Trinajstić information content (AvgIpc) is 2.69. The van der Waals surface area contributed by atoms with Gasteiger partial charge in [-0.1, -0.05) is 60.7 Å².